The molecule has 0 N–H and O–H groups in total. The maximum absolute atomic E-state index is 11.7. The summed E-state index contributed by atoms with van der Waals surface area (Å²) in [6, 6.07) is 7.53. The second kappa shape index (κ2) is 6.57. The number of esters is 1. The molecular formula is C15H21NO3. The SMILES string of the molecule is COC(=O)c1ccccc1N(C)CCC1CCCO1. The lowest BCUT2D eigenvalue weighted by Gasteiger charge is -2.23. The Bertz CT molecular complexity index is 427. The van der Waals surface area contributed by atoms with Crippen molar-refractivity contribution in [1.29, 1.82) is 0 Å². The van der Waals surface area contributed by atoms with Gasteiger partial charge in [-0.15, -0.1) is 0 Å². The van der Waals surface area contributed by atoms with Gasteiger partial charge < -0.3 is 14.4 Å². The molecule has 0 bridgehead atoms. The fourth-order valence-corrected chi connectivity index (χ4v) is 2.42. The van der Waals surface area contributed by atoms with E-state index >= 15 is 0 Å². The highest BCUT2D eigenvalue weighted by atomic mass is 16.5. The number of carbonyl (C=O) groups excluding carboxylic acids is 1. The fourth-order valence-electron chi connectivity index (χ4n) is 2.42. The van der Waals surface area contributed by atoms with Gasteiger partial charge in [0.05, 0.1) is 24.5 Å². The average Bonchev–Trinajstić information content (AvgIpc) is 2.97. The van der Waals surface area contributed by atoms with Crippen LogP contribution in [0.1, 0.15) is 29.6 Å². The molecule has 2 rings (SSSR count). The summed E-state index contributed by atoms with van der Waals surface area (Å²) >= 11 is 0. The Balaban J connectivity index is 2.01. The molecule has 1 aromatic carbocycles. The number of ether oxygens (including phenoxy) is 2. The van der Waals surface area contributed by atoms with Crippen LogP contribution >= 0.6 is 0 Å². The van der Waals surface area contributed by atoms with Gasteiger partial charge in [0.25, 0.3) is 0 Å². The Morgan fingerprint density at radius 2 is 2.26 bits per heavy atom. The van der Waals surface area contributed by atoms with Crippen molar-refractivity contribution in [3.63, 3.8) is 0 Å². The van der Waals surface area contributed by atoms with Crippen molar-refractivity contribution in [2.45, 2.75) is 25.4 Å². The first-order valence-corrected chi connectivity index (χ1v) is 6.72. The van der Waals surface area contributed by atoms with E-state index in [9.17, 15) is 4.79 Å². The van der Waals surface area contributed by atoms with Crippen LogP contribution in [0, 0.1) is 0 Å². The molecule has 1 unspecified atom stereocenters. The average molecular weight is 263 g/mol. The third-order valence-electron chi connectivity index (χ3n) is 3.53. The summed E-state index contributed by atoms with van der Waals surface area (Å²) in [5.74, 6) is -0.292. The number of rotatable bonds is 5. The van der Waals surface area contributed by atoms with Gasteiger partial charge in [0.2, 0.25) is 0 Å². The minimum absolute atomic E-state index is 0.292. The van der Waals surface area contributed by atoms with Gasteiger partial charge in [-0.3, -0.25) is 0 Å². The van der Waals surface area contributed by atoms with Crippen molar-refractivity contribution in [3.8, 4) is 0 Å². The predicted octanol–water partition coefficient (Wildman–Crippen LogP) is 2.48. The number of hydrogen-bond donors (Lipinski definition) is 0. The third kappa shape index (κ3) is 3.47. The molecule has 0 radical (unpaired) electrons. The van der Waals surface area contributed by atoms with E-state index in [-0.39, 0.29) is 5.97 Å². The largest absolute Gasteiger partial charge is 0.465 e. The van der Waals surface area contributed by atoms with Gasteiger partial charge in [-0.2, -0.15) is 0 Å². The van der Waals surface area contributed by atoms with Crippen LogP contribution < -0.4 is 4.90 Å². The van der Waals surface area contributed by atoms with Crippen LogP contribution in [-0.2, 0) is 9.47 Å². The highest BCUT2D eigenvalue weighted by Crippen LogP contribution is 2.22. The van der Waals surface area contributed by atoms with Gasteiger partial charge >= 0.3 is 5.97 Å². The molecule has 1 heterocycles. The lowest BCUT2D eigenvalue weighted by Crippen LogP contribution is -2.24. The first-order chi connectivity index (χ1) is 9.22. The van der Waals surface area contributed by atoms with Crippen molar-refractivity contribution in [2.75, 3.05) is 32.2 Å². The smallest absolute Gasteiger partial charge is 0.339 e. The summed E-state index contributed by atoms with van der Waals surface area (Å²) in [6.45, 7) is 1.76. The number of hydrogen-bond acceptors (Lipinski definition) is 4. The molecule has 1 aliphatic rings. The first-order valence-electron chi connectivity index (χ1n) is 6.72. The quantitative estimate of drug-likeness (QED) is 0.765. The summed E-state index contributed by atoms with van der Waals surface area (Å²) in [4.78, 5) is 13.8. The highest BCUT2D eigenvalue weighted by Gasteiger charge is 2.18. The number of nitrogens with zero attached hydrogens (tertiary/aromatic N) is 1. The van der Waals surface area contributed by atoms with E-state index in [2.05, 4.69) is 4.90 Å². The number of methoxy groups -OCH3 is 1. The zero-order chi connectivity index (χ0) is 13.7. The molecule has 0 aromatic heterocycles. The second-order valence-corrected chi connectivity index (χ2v) is 4.85. The van der Waals surface area contributed by atoms with Gasteiger partial charge in [0.15, 0.2) is 0 Å². The molecule has 1 fully saturated rings. The zero-order valence-electron chi connectivity index (χ0n) is 11.6. The van der Waals surface area contributed by atoms with Gasteiger partial charge in [-0.25, -0.2) is 4.79 Å². The standard InChI is InChI=1S/C15H21NO3/c1-16(10-9-12-6-5-11-19-12)14-8-4-3-7-13(14)15(17)18-2/h3-4,7-8,12H,5-6,9-11H2,1-2H3. The van der Waals surface area contributed by atoms with Crippen molar-refractivity contribution >= 4 is 11.7 Å². The van der Waals surface area contributed by atoms with Crippen LogP contribution in [0.4, 0.5) is 5.69 Å². The molecule has 4 nitrogen and oxygen atoms in total. The first kappa shape index (κ1) is 13.9. The topological polar surface area (TPSA) is 38.8 Å². The van der Waals surface area contributed by atoms with Crippen molar-refractivity contribution in [1.82, 2.24) is 0 Å². The Labute approximate surface area is 114 Å². The Morgan fingerprint density at radius 3 is 2.95 bits per heavy atom. The third-order valence-corrected chi connectivity index (χ3v) is 3.53. The van der Waals surface area contributed by atoms with Crippen LogP contribution in [0.2, 0.25) is 0 Å². The van der Waals surface area contributed by atoms with Crippen LogP contribution in [0.15, 0.2) is 24.3 Å². The van der Waals surface area contributed by atoms with E-state index in [1.165, 1.54) is 7.11 Å². The van der Waals surface area contributed by atoms with E-state index in [4.69, 9.17) is 9.47 Å². The molecule has 4 heteroatoms. The molecular weight excluding hydrogens is 242 g/mol. The van der Waals surface area contributed by atoms with Gasteiger partial charge in [-0.1, -0.05) is 12.1 Å². The summed E-state index contributed by atoms with van der Waals surface area (Å²) < 4.78 is 10.4. The molecule has 1 aromatic rings. The maximum Gasteiger partial charge on any atom is 0.339 e. The molecule has 1 atom stereocenters. The number of anilines is 1. The highest BCUT2D eigenvalue weighted by molar-refractivity contribution is 5.95. The Hall–Kier alpha value is -1.55. The van der Waals surface area contributed by atoms with Crippen molar-refractivity contribution in [2.24, 2.45) is 0 Å². The molecule has 1 saturated heterocycles. The minimum Gasteiger partial charge on any atom is -0.465 e. The van der Waals surface area contributed by atoms with Crippen molar-refractivity contribution < 1.29 is 14.3 Å². The van der Waals surface area contributed by atoms with Crippen molar-refractivity contribution in [3.05, 3.63) is 29.8 Å². The summed E-state index contributed by atoms with van der Waals surface area (Å²) in [7, 11) is 3.40. The second-order valence-electron chi connectivity index (χ2n) is 4.85. The lowest BCUT2D eigenvalue weighted by atomic mass is 10.1. The summed E-state index contributed by atoms with van der Waals surface area (Å²) in [5.41, 5.74) is 1.52. The normalized spacial score (nSPS) is 18.3. The fraction of sp³-hybridized carbons (Fsp3) is 0.533. The molecule has 0 aliphatic carbocycles. The van der Waals surface area contributed by atoms with E-state index in [1.807, 2.05) is 25.2 Å². The Morgan fingerprint density at radius 1 is 1.47 bits per heavy atom. The van der Waals surface area contributed by atoms with Gasteiger partial charge in [0, 0.05) is 20.2 Å². The number of para-hydroxylation sites is 1. The number of benzene rings is 1. The molecule has 19 heavy (non-hydrogen) atoms. The number of carbonyl (C=O) groups is 1. The van der Waals surface area contributed by atoms with E-state index in [0.717, 1.165) is 38.1 Å². The van der Waals surface area contributed by atoms with Gasteiger partial charge in [0.1, 0.15) is 0 Å². The van der Waals surface area contributed by atoms with E-state index in [0.29, 0.717) is 11.7 Å². The molecule has 0 saturated carbocycles. The van der Waals surface area contributed by atoms with Gasteiger partial charge in [-0.05, 0) is 31.4 Å². The molecule has 0 amide bonds. The lowest BCUT2D eigenvalue weighted by molar-refractivity contribution is 0.0601. The van der Waals surface area contributed by atoms with Crippen LogP contribution in [0.25, 0.3) is 0 Å². The minimum atomic E-state index is -0.292. The maximum atomic E-state index is 11.7. The Kier molecular flexibility index (Phi) is 4.80. The van der Waals surface area contributed by atoms with E-state index < -0.39 is 0 Å². The molecule has 1 aliphatic heterocycles. The predicted molar refractivity (Wildman–Crippen MR) is 74.6 cm³/mol. The summed E-state index contributed by atoms with van der Waals surface area (Å²) in [5, 5.41) is 0. The molecule has 104 valence electrons. The summed E-state index contributed by atoms with van der Waals surface area (Å²) in [6.07, 6.45) is 3.67. The molecule has 0 spiro atoms. The van der Waals surface area contributed by atoms with E-state index in [1.54, 1.807) is 6.07 Å². The van der Waals surface area contributed by atoms with Crippen LogP contribution in [0.3, 0.4) is 0 Å². The van der Waals surface area contributed by atoms with Crippen LogP contribution in [0.5, 0.6) is 0 Å². The van der Waals surface area contributed by atoms with Crippen LogP contribution in [-0.4, -0.2) is 39.4 Å². The zero-order valence-corrected chi connectivity index (χ0v) is 11.6. The monoisotopic (exact) mass is 263 g/mol.